The van der Waals surface area contributed by atoms with Gasteiger partial charge in [-0.15, -0.1) is 0 Å². The summed E-state index contributed by atoms with van der Waals surface area (Å²) in [4.78, 5) is 12.5. The summed E-state index contributed by atoms with van der Waals surface area (Å²) in [5, 5.41) is 2.72. The maximum absolute atomic E-state index is 12.6. The zero-order valence-electron chi connectivity index (χ0n) is 16.6. The van der Waals surface area contributed by atoms with Gasteiger partial charge in [-0.25, -0.2) is 12.7 Å². The van der Waals surface area contributed by atoms with Gasteiger partial charge in [0.2, 0.25) is 10.0 Å². The van der Waals surface area contributed by atoms with Crippen molar-refractivity contribution in [3.8, 4) is 11.5 Å². The highest BCUT2D eigenvalue weighted by molar-refractivity contribution is 7.89. The SMILES string of the molecule is CCCOc1ccc(C(=O)Nc2ccc(OCC)c(S(=O)(=O)N(C)C)c2)cc1. The molecule has 2 rings (SSSR count). The van der Waals surface area contributed by atoms with Gasteiger partial charge in [-0.2, -0.15) is 0 Å². The monoisotopic (exact) mass is 406 g/mol. The van der Waals surface area contributed by atoms with E-state index in [4.69, 9.17) is 9.47 Å². The number of anilines is 1. The van der Waals surface area contributed by atoms with Gasteiger partial charge in [0.05, 0.1) is 13.2 Å². The minimum atomic E-state index is -3.73. The van der Waals surface area contributed by atoms with Crippen LogP contribution in [0, 0.1) is 0 Å². The maximum Gasteiger partial charge on any atom is 0.255 e. The van der Waals surface area contributed by atoms with Gasteiger partial charge in [0, 0.05) is 25.3 Å². The number of amides is 1. The second kappa shape index (κ2) is 9.57. The molecular weight excluding hydrogens is 380 g/mol. The minimum Gasteiger partial charge on any atom is -0.494 e. The van der Waals surface area contributed by atoms with Crippen molar-refractivity contribution < 1.29 is 22.7 Å². The number of hydrogen-bond donors (Lipinski definition) is 1. The molecule has 28 heavy (non-hydrogen) atoms. The van der Waals surface area contributed by atoms with Crippen molar-refractivity contribution in [1.29, 1.82) is 0 Å². The van der Waals surface area contributed by atoms with Crippen LogP contribution in [-0.4, -0.2) is 45.9 Å². The van der Waals surface area contributed by atoms with E-state index >= 15 is 0 Å². The Balaban J connectivity index is 2.25. The van der Waals surface area contributed by atoms with Crippen molar-refractivity contribution in [3.63, 3.8) is 0 Å². The lowest BCUT2D eigenvalue weighted by atomic mass is 10.2. The Morgan fingerprint density at radius 1 is 1.04 bits per heavy atom. The first-order chi connectivity index (χ1) is 13.3. The molecule has 0 bridgehead atoms. The Labute approximate surface area is 166 Å². The lowest BCUT2D eigenvalue weighted by Crippen LogP contribution is -2.23. The zero-order chi connectivity index (χ0) is 20.7. The van der Waals surface area contributed by atoms with Crippen LogP contribution < -0.4 is 14.8 Å². The number of benzene rings is 2. The summed E-state index contributed by atoms with van der Waals surface area (Å²) < 4.78 is 37.2. The molecule has 0 spiro atoms. The molecule has 0 saturated carbocycles. The molecule has 0 unspecified atom stereocenters. The molecule has 0 atom stereocenters. The van der Waals surface area contributed by atoms with Crippen LogP contribution in [0.5, 0.6) is 11.5 Å². The molecule has 1 amide bonds. The van der Waals surface area contributed by atoms with E-state index in [2.05, 4.69) is 5.32 Å². The fourth-order valence-electron chi connectivity index (χ4n) is 2.38. The summed E-state index contributed by atoms with van der Waals surface area (Å²) in [5.74, 6) is 0.588. The van der Waals surface area contributed by atoms with Gasteiger partial charge in [0.25, 0.3) is 5.91 Å². The zero-order valence-corrected chi connectivity index (χ0v) is 17.4. The smallest absolute Gasteiger partial charge is 0.255 e. The summed E-state index contributed by atoms with van der Waals surface area (Å²) in [6.07, 6.45) is 0.901. The maximum atomic E-state index is 12.6. The van der Waals surface area contributed by atoms with Crippen molar-refractivity contribution in [2.45, 2.75) is 25.2 Å². The first-order valence-electron chi connectivity index (χ1n) is 9.03. The molecular formula is C20H26N2O5S. The van der Waals surface area contributed by atoms with Crippen LogP contribution in [-0.2, 0) is 10.0 Å². The molecule has 0 fully saturated rings. The van der Waals surface area contributed by atoms with E-state index in [1.807, 2.05) is 6.92 Å². The van der Waals surface area contributed by atoms with Crippen LogP contribution in [0.25, 0.3) is 0 Å². The summed E-state index contributed by atoms with van der Waals surface area (Å²) in [5.41, 5.74) is 0.801. The summed E-state index contributed by atoms with van der Waals surface area (Å²) in [6.45, 7) is 4.73. The number of carbonyl (C=O) groups excluding carboxylic acids is 1. The molecule has 2 aromatic rings. The van der Waals surface area contributed by atoms with E-state index in [0.29, 0.717) is 30.2 Å². The van der Waals surface area contributed by atoms with Gasteiger partial charge >= 0.3 is 0 Å². The summed E-state index contributed by atoms with van der Waals surface area (Å²) in [6, 6.07) is 11.3. The quantitative estimate of drug-likeness (QED) is 0.690. The van der Waals surface area contributed by atoms with E-state index in [1.54, 1.807) is 37.3 Å². The second-order valence-corrected chi connectivity index (χ2v) is 8.33. The third kappa shape index (κ3) is 5.24. The predicted molar refractivity (Wildman–Crippen MR) is 109 cm³/mol. The Kier molecular flexibility index (Phi) is 7.42. The highest BCUT2D eigenvalue weighted by atomic mass is 32.2. The van der Waals surface area contributed by atoms with Crippen molar-refractivity contribution in [2.75, 3.05) is 32.6 Å². The Hall–Kier alpha value is -2.58. The fourth-order valence-corrected chi connectivity index (χ4v) is 3.44. The van der Waals surface area contributed by atoms with Crippen molar-refractivity contribution >= 4 is 21.6 Å². The minimum absolute atomic E-state index is 0.000429. The number of hydrogen-bond acceptors (Lipinski definition) is 5. The predicted octanol–water partition coefficient (Wildman–Crippen LogP) is 3.38. The van der Waals surface area contributed by atoms with Crippen LogP contribution in [0.4, 0.5) is 5.69 Å². The Bertz CT molecular complexity index is 909. The van der Waals surface area contributed by atoms with Gasteiger partial charge in [-0.3, -0.25) is 4.79 Å². The third-order valence-electron chi connectivity index (χ3n) is 3.85. The van der Waals surface area contributed by atoms with Gasteiger partial charge < -0.3 is 14.8 Å². The van der Waals surface area contributed by atoms with Gasteiger partial charge in [0.1, 0.15) is 16.4 Å². The first-order valence-corrected chi connectivity index (χ1v) is 10.5. The van der Waals surface area contributed by atoms with E-state index in [0.717, 1.165) is 10.7 Å². The average Bonchev–Trinajstić information content (AvgIpc) is 2.67. The van der Waals surface area contributed by atoms with Gasteiger partial charge in [0.15, 0.2) is 0 Å². The molecule has 7 nitrogen and oxygen atoms in total. The molecule has 1 N–H and O–H groups in total. The molecule has 0 saturated heterocycles. The number of ether oxygens (including phenoxy) is 2. The molecule has 0 aliphatic heterocycles. The molecule has 8 heteroatoms. The van der Waals surface area contributed by atoms with Crippen LogP contribution >= 0.6 is 0 Å². The number of nitrogens with zero attached hydrogens (tertiary/aromatic N) is 1. The Morgan fingerprint density at radius 3 is 2.29 bits per heavy atom. The van der Waals surface area contributed by atoms with Crippen molar-refractivity contribution in [3.05, 3.63) is 48.0 Å². The first kappa shape index (κ1) is 21.7. The van der Waals surface area contributed by atoms with Crippen LogP contribution in [0.1, 0.15) is 30.6 Å². The van der Waals surface area contributed by atoms with Gasteiger partial charge in [-0.05, 0) is 55.8 Å². The van der Waals surface area contributed by atoms with E-state index < -0.39 is 10.0 Å². The molecule has 0 aliphatic rings. The molecule has 0 heterocycles. The van der Waals surface area contributed by atoms with E-state index in [9.17, 15) is 13.2 Å². The lowest BCUT2D eigenvalue weighted by molar-refractivity contribution is 0.102. The fraction of sp³-hybridized carbons (Fsp3) is 0.350. The highest BCUT2D eigenvalue weighted by Gasteiger charge is 2.23. The van der Waals surface area contributed by atoms with Gasteiger partial charge in [-0.1, -0.05) is 6.92 Å². The van der Waals surface area contributed by atoms with E-state index in [1.165, 1.54) is 26.2 Å². The van der Waals surface area contributed by atoms with Crippen LogP contribution in [0.2, 0.25) is 0 Å². The normalized spacial score (nSPS) is 11.3. The van der Waals surface area contributed by atoms with Crippen LogP contribution in [0.3, 0.4) is 0 Å². The molecule has 0 radical (unpaired) electrons. The molecule has 0 aromatic heterocycles. The third-order valence-corrected chi connectivity index (χ3v) is 5.69. The average molecular weight is 407 g/mol. The van der Waals surface area contributed by atoms with E-state index in [-0.39, 0.29) is 16.6 Å². The number of nitrogens with one attached hydrogen (secondary N) is 1. The summed E-state index contributed by atoms with van der Waals surface area (Å²) >= 11 is 0. The molecule has 0 aliphatic carbocycles. The molecule has 2 aromatic carbocycles. The lowest BCUT2D eigenvalue weighted by Gasteiger charge is -2.16. The number of sulfonamides is 1. The Morgan fingerprint density at radius 2 is 1.71 bits per heavy atom. The molecule has 152 valence electrons. The largest absolute Gasteiger partial charge is 0.494 e. The number of rotatable bonds is 9. The van der Waals surface area contributed by atoms with Crippen LogP contribution in [0.15, 0.2) is 47.4 Å². The summed E-state index contributed by atoms with van der Waals surface area (Å²) in [7, 11) is -0.841. The van der Waals surface area contributed by atoms with Crippen molar-refractivity contribution in [1.82, 2.24) is 4.31 Å². The number of carbonyl (C=O) groups is 1. The second-order valence-electron chi connectivity index (χ2n) is 6.21. The standard InChI is InChI=1S/C20H26N2O5S/c1-5-13-27-17-10-7-15(8-11-17)20(23)21-16-9-12-18(26-6-2)19(14-16)28(24,25)22(3)4/h7-12,14H,5-6,13H2,1-4H3,(H,21,23). The highest BCUT2D eigenvalue weighted by Crippen LogP contribution is 2.29. The topological polar surface area (TPSA) is 84.9 Å². The van der Waals surface area contributed by atoms with Crippen molar-refractivity contribution in [2.24, 2.45) is 0 Å².